The molecule has 0 spiro atoms. The van der Waals surface area contributed by atoms with Crippen LogP contribution in [0.4, 0.5) is 5.82 Å². The first-order valence-corrected chi connectivity index (χ1v) is 9.95. The number of ether oxygens (including phenoxy) is 1. The van der Waals surface area contributed by atoms with Crippen LogP contribution in [-0.4, -0.2) is 64.6 Å². The maximum atomic E-state index is 5.49. The third kappa shape index (κ3) is 3.68. The number of anilines is 1. The summed E-state index contributed by atoms with van der Waals surface area (Å²) in [6.07, 6.45) is 4.46. The fourth-order valence-corrected chi connectivity index (χ4v) is 3.82. The normalized spacial score (nSPS) is 21.6. The molecule has 0 aromatic carbocycles. The topological polar surface area (TPSA) is 80.4 Å². The largest absolute Gasteiger partial charge is 0.381 e. The second-order valence-electron chi connectivity index (χ2n) is 8.00. The average Bonchev–Trinajstić information content (AvgIpc) is 3.41. The third-order valence-electron chi connectivity index (χ3n) is 5.92. The molecule has 2 aromatic rings. The van der Waals surface area contributed by atoms with Crippen molar-refractivity contribution >= 4 is 5.82 Å². The van der Waals surface area contributed by atoms with Crippen LogP contribution in [0.2, 0.25) is 0 Å². The van der Waals surface area contributed by atoms with E-state index in [2.05, 4.69) is 49.3 Å². The van der Waals surface area contributed by atoms with Crippen molar-refractivity contribution in [2.75, 3.05) is 38.3 Å². The van der Waals surface area contributed by atoms with Crippen LogP contribution < -0.4 is 4.90 Å². The molecule has 0 amide bonds. The Bertz CT molecular complexity index is 763. The Morgan fingerprint density at radius 2 is 1.89 bits per heavy atom. The second kappa shape index (κ2) is 7.16. The third-order valence-corrected chi connectivity index (χ3v) is 5.92. The molecule has 2 saturated heterocycles. The SMILES string of the molecule is CN(Cc1noc(C2CCOCC2)n1)C1CN(c2ccc(C3CC3)nn2)C1. The molecule has 0 N–H and O–H groups in total. The Morgan fingerprint density at radius 3 is 2.59 bits per heavy atom. The van der Waals surface area contributed by atoms with Crippen LogP contribution in [0.3, 0.4) is 0 Å². The van der Waals surface area contributed by atoms with Crippen LogP contribution in [0.5, 0.6) is 0 Å². The molecular weight excluding hydrogens is 344 g/mol. The lowest BCUT2D eigenvalue weighted by Gasteiger charge is -2.44. The van der Waals surface area contributed by atoms with Crippen LogP contribution in [-0.2, 0) is 11.3 Å². The lowest BCUT2D eigenvalue weighted by atomic mass is 10.0. The van der Waals surface area contributed by atoms with Crippen molar-refractivity contribution in [3.05, 3.63) is 29.5 Å². The standard InChI is InChI=1S/C19H26N6O2/c1-24(12-17-20-19(27-23-17)14-6-8-26-9-7-14)15-10-25(11-15)18-5-4-16(21-22-18)13-2-3-13/h4-5,13-15H,2-3,6-12H2,1H3. The Morgan fingerprint density at radius 1 is 1.07 bits per heavy atom. The molecule has 4 heterocycles. The fourth-order valence-electron chi connectivity index (χ4n) is 3.82. The molecule has 3 fully saturated rings. The van der Waals surface area contributed by atoms with Crippen LogP contribution >= 0.6 is 0 Å². The van der Waals surface area contributed by atoms with Gasteiger partial charge in [0, 0.05) is 44.2 Å². The van der Waals surface area contributed by atoms with Crippen molar-refractivity contribution in [3.63, 3.8) is 0 Å². The van der Waals surface area contributed by atoms with Crippen molar-refractivity contribution in [1.82, 2.24) is 25.2 Å². The fraction of sp³-hybridized carbons (Fsp3) is 0.684. The highest BCUT2D eigenvalue weighted by Crippen LogP contribution is 2.39. The maximum Gasteiger partial charge on any atom is 0.229 e. The first-order chi connectivity index (χ1) is 13.3. The molecule has 1 aliphatic carbocycles. The van der Waals surface area contributed by atoms with Crippen LogP contribution in [0.15, 0.2) is 16.7 Å². The minimum atomic E-state index is 0.349. The Balaban J connectivity index is 1.12. The monoisotopic (exact) mass is 370 g/mol. The van der Waals surface area contributed by atoms with E-state index in [-0.39, 0.29) is 0 Å². The molecule has 8 nitrogen and oxygen atoms in total. The van der Waals surface area contributed by atoms with Gasteiger partial charge in [0.05, 0.1) is 12.2 Å². The Labute approximate surface area is 158 Å². The van der Waals surface area contributed by atoms with Gasteiger partial charge >= 0.3 is 0 Å². The minimum absolute atomic E-state index is 0.349. The highest BCUT2D eigenvalue weighted by Gasteiger charge is 2.32. The number of likely N-dealkylation sites (N-methyl/N-ethyl adjacent to an activating group) is 1. The molecular formula is C19H26N6O2. The van der Waals surface area contributed by atoms with Gasteiger partial charge in [-0.1, -0.05) is 5.16 Å². The summed E-state index contributed by atoms with van der Waals surface area (Å²) in [6, 6.07) is 4.71. The second-order valence-corrected chi connectivity index (χ2v) is 8.00. The van der Waals surface area contributed by atoms with E-state index < -0.39 is 0 Å². The quantitative estimate of drug-likeness (QED) is 0.763. The van der Waals surface area contributed by atoms with Crippen LogP contribution in [0.25, 0.3) is 0 Å². The molecule has 0 bridgehead atoms. The smallest absolute Gasteiger partial charge is 0.229 e. The zero-order valence-electron chi connectivity index (χ0n) is 15.8. The minimum Gasteiger partial charge on any atom is -0.381 e. The summed E-state index contributed by atoms with van der Waals surface area (Å²) in [4.78, 5) is 9.18. The van der Waals surface area contributed by atoms with Gasteiger partial charge in [0.2, 0.25) is 5.89 Å². The van der Waals surface area contributed by atoms with Crippen LogP contribution in [0, 0.1) is 0 Å². The number of nitrogens with zero attached hydrogens (tertiary/aromatic N) is 6. The molecule has 0 unspecified atom stereocenters. The molecule has 3 aliphatic rings. The van der Waals surface area contributed by atoms with Gasteiger partial charge in [-0.15, -0.1) is 5.10 Å². The molecule has 5 rings (SSSR count). The van der Waals surface area contributed by atoms with Gasteiger partial charge in [-0.3, -0.25) is 4.90 Å². The lowest BCUT2D eigenvalue weighted by Crippen LogP contribution is -2.58. The van der Waals surface area contributed by atoms with Gasteiger partial charge in [0.1, 0.15) is 0 Å². The summed E-state index contributed by atoms with van der Waals surface area (Å²) < 4.78 is 10.9. The molecule has 0 atom stereocenters. The zero-order valence-corrected chi connectivity index (χ0v) is 15.8. The molecule has 2 aromatic heterocycles. The summed E-state index contributed by atoms with van der Waals surface area (Å²) in [5.41, 5.74) is 1.14. The van der Waals surface area contributed by atoms with E-state index in [0.29, 0.717) is 24.4 Å². The highest BCUT2D eigenvalue weighted by molar-refractivity contribution is 5.42. The Kier molecular flexibility index (Phi) is 4.53. The summed E-state index contributed by atoms with van der Waals surface area (Å²) >= 11 is 0. The van der Waals surface area contributed by atoms with E-state index in [9.17, 15) is 0 Å². The van der Waals surface area contributed by atoms with Gasteiger partial charge in [-0.05, 0) is 44.9 Å². The summed E-state index contributed by atoms with van der Waals surface area (Å²) in [5.74, 6) is 3.52. The van der Waals surface area contributed by atoms with Crippen molar-refractivity contribution < 1.29 is 9.26 Å². The molecule has 144 valence electrons. The predicted octanol–water partition coefficient (Wildman–Crippen LogP) is 1.95. The summed E-state index contributed by atoms with van der Waals surface area (Å²) in [6.45, 7) is 4.18. The van der Waals surface area contributed by atoms with Crippen molar-refractivity contribution in [3.8, 4) is 0 Å². The predicted molar refractivity (Wildman–Crippen MR) is 98.6 cm³/mol. The Hall–Kier alpha value is -2.06. The van der Waals surface area contributed by atoms with Crippen molar-refractivity contribution in [2.24, 2.45) is 0 Å². The number of aromatic nitrogens is 4. The number of rotatable bonds is 6. The molecule has 0 radical (unpaired) electrons. The molecule has 27 heavy (non-hydrogen) atoms. The van der Waals surface area contributed by atoms with Crippen molar-refractivity contribution in [1.29, 1.82) is 0 Å². The lowest BCUT2D eigenvalue weighted by molar-refractivity contribution is 0.0778. The van der Waals surface area contributed by atoms with E-state index in [1.165, 1.54) is 12.8 Å². The van der Waals surface area contributed by atoms with Crippen molar-refractivity contribution in [2.45, 2.75) is 50.1 Å². The maximum absolute atomic E-state index is 5.49. The number of hydrogen-bond donors (Lipinski definition) is 0. The van der Waals surface area contributed by atoms with Gasteiger partial charge in [-0.2, -0.15) is 10.1 Å². The zero-order chi connectivity index (χ0) is 18.2. The van der Waals surface area contributed by atoms with Gasteiger partial charge in [0.15, 0.2) is 11.6 Å². The number of hydrogen-bond acceptors (Lipinski definition) is 8. The van der Waals surface area contributed by atoms with E-state index in [1.54, 1.807) is 0 Å². The van der Waals surface area contributed by atoms with Gasteiger partial charge < -0.3 is 14.2 Å². The summed E-state index contributed by atoms with van der Waals surface area (Å²) in [5, 5.41) is 13.0. The van der Waals surface area contributed by atoms with Crippen LogP contribution in [0.1, 0.15) is 54.9 Å². The first kappa shape index (κ1) is 17.1. The highest BCUT2D eigenvalue weighted by atomic mass is 16.5. The summed E-state index contributed by atoms with van der Waals surface area (Å²) in [7, 11) is 2.12. The average molecular weight is 370 g/mol. The van der Waals surface area contributed by atoms with Gasteiger partial charge in [-0.25, -0.2) is 0 Å². The van der Waals surface area contributed by atoms with E-state index in [4.69, 9.17) is 9.26 Å². The van der Waals surface area contributed by atoms with Gasteiger partial charge in [0.25, 0.3) is 0 Å². The van der Waals surface area contributed by atoms with E-state index in [1.807, 2.05) is 0 Å². The molecule has 8 heteroatoms. The molecule has 1 saturated carbocycles. The van der Waals surface area contributed by atoms with E-state index >= 15 is 0 Å². The first-order valence-electron chi connectivity index (χ1n) is 9.95. The molecule has 2 aliphatic heterocycles. The van der Waals surface area contributed by atoms with E-state index in [0.717, 1.165) is 62.4 Å².